The van der Waals surface area contributed by atoms with Gasteiger partial charge in [-0.05, 0) is 29.9 Å². The number of rotatable bonds is 18. The molecule has 0 heterocycles. The van der Waals surface area contributed by atoms with Gasteiger partial charge in [0.1, 0.15) is 9.79 Å². The van der Waals surface area contributed by atoms with E-state index in [0.29, 0.717) is 18.2 Å². The van der Waals surface area contributed by atoms with E-state index < -0.39 is 30.0 Å². The molecule has 0 unspecified atom stereocenters. The van der Waals surface area contributed by atoms with E-state index in [1.54, 1.807) is 24.3 Å². The van der Waals surface area contributed by atoms with Crippen molar-refractivity contribution in [1.29, 1.82) is 0 Å². The summed E-state index contributed by atoms with van der Waals surface area (Å²) >= 11 is 0. The van der Waals surface area contributed by atoms with Gasteiger partial charge in [-0.1, -0.05) is 121 Å². The third-order valence-electron chi connectivity index (χ3n) is 6.60. The molecule has 0 atom stereocenters. The van der Waals surface area contributed by atoms with Crippen LogP contribution >= 0.6 is 0 Å². The second kappa shape index (κ2) is 14.9. The minimum atomic E-state index is -4.86. The van der Waals surface area contributed by atoms with E-state index in [4.69, 9.17) is 0 Å². The van der Waals surface area contributed by atoms with Crippen LogP contribution in [0, 0.1) is 0 Å². The molecule has 35 heavy (non-hydrogen) atoms. The molecule has 198 valence electrons. The fourth-order valence-corrected chi connectivity index (χ4v) is 7.06. The summed E-state index contributed by atoms with van der Waals surface area (Å²) in [5, 5.41) is 0.575. The summed E-state index contributed by atoms with van der Waals surface area (Å²) in [4.78, 5) is -1.45. The van der Waals surface area contributed by atoms with Gasteiger partial charge < -0.3 is 0 Å². The predicted molar refractivity (Wildman–Crippen MR) is 142 cm³/mol. The van der Waals surface area contributed by atoms with E-state index in [9.17, 15) is 25.9 Å². The van der Waals surface area contributed by atoms with Crippen molar-refractivity contribution in [3.63, 3.8) is 0 Å². The van der Waals surface area contributed by atoms with E-state index in [-0.39, 0.29) is 10.9 Å². The summed E-state index contributed by atoms with van der Waals surface area (Å²) in [5.74, 6) is 0. The highest BCUT2D eigenvalue weighted by molar-refractivity contribution is 7.89. The second-order valence-corrected chi connectivity index (χ2v) is 12.3. The zero-order valence-electron chi connectivity index (χ0n) is 21.0. The minimum Gasteiger partial charge on any atom is -0.282 e. The van der Waals surface area contributed by atoms with Crippen LogP contribution in [0.3, 0.4) is 0 Å². The molecule has 0 saturated heterocycles. The van der Waals surface area contributed by atoms with E-state index in [1.165, 1.54) is 76.7 Å². The Balaban J connectivity index is 1.80. The lowest BCUT2D eigenvalue weighted by Gasteiger charge is -2.14. The number of benzene rings is 2. The summed E-state index contributed by atoms with van der Waals surface area (Å²) in [5.41, 5.74) is 0.216. The van der Waals surface area contributed by atoms with Crippen LogP contribution in [0.15, 0.2) is 40.1 Å². The Labute approximate surface area is 212 Å². The number of fused-ring (bicyclic) bond motifs is 1. The number of hydrogen-bond donors (Lipinski definition) is 2. The Morgan fingerprint density at radius 1 is 0.600 bits per heavy atom. The molecule has 0 aliphatic heterocycles. The first-order chi connectivity index (χ1) is 16.7. The fraction of sp³-hybridized carbons (Fsp3) is 0.630. The molecule has 2 aromatic rings. The highest BCUT2D eigenvalue weighted by Gasteiger charge is 2.29. The van der Waals surface area contributed by atoms with Crippen LogP contribution in [0.2, 0.25) is 0 Å². The quantitative estimate of drug-likeness (QED) is 0.152. The van der Waals surface area contributed by atoms with Gasteiger partial charge in [0, 0.05) is 5.39 Å². The summed E-state index contributed by atoms with van der Waals surface area (Å²) < 4.78 is 67.9. The molecule has 6 nitrogen and oxygen atoms in total. The van der Waals surface area contributed by atoms with Gasteiger partial charge in [-0.25, -0.2) is 0 Å². The first kappa shape index (κ1) is 29.7. The zero-order chi connectivity index (χ0) is 25.7. The van der Waals surface area contributed by atoms with Gasteiger partial charge in [0.2, 0.25) is 0 Å². The molecular weight excluding hydrogens is 484 g/mol. The minimum absolute atomic E-state index is 0.0721. The average molecular weight is 527 g/mol. The third kappa shape index (κ3) is 10.2. The van der Waals surface area contributed by atoms with Crippen molar-refractivity contribution in [1.82, 2.24) is 0 Å². The highest BCUT2D eigenvalue weighted by Crippen LogP contribution is 2.34. The monoisotopic (exact) mass is 526 g/mol. The Morgan fingerprint density at radius 3 is 1.49 bits per heavy atom. The Kier molecular flexibility index (Phi) is 12.7. The van der Waals surface area contributed by atoms with E-state index in [2.05, 4.69) is 6.92 Å². The molecule has 0 bridgehead atoms. The van der Waals surface area contributed by atoms with Crippen molar-refractivity contribution >= 4 is 31.0 Å². The van der Waals surface area contributed by atoms with Crippen molar-refractivity contribution in [2.24, 2.45) is 0 Å². The maximum absolute atomic E-state index is 12.1. The third-order valence-corrected chi connectivity index (χ3v) is 8.65. The Bertz CT molecular complexity index is 1120. The largest absolute Gasteiger partial charge is 0.296 e. The first-order valence-corrected chi connectivity index (χ1v) is 16.0. The van der Waals surface area contributed by atoms with Gasteiger partial charge in [-0.2, -0.15) is 16.8 Å². The van der Waals surface area contributed by atoms with Gasteiger partial charge in [0.15, 0.2) is 0 Å². The highest BCUT2D eigenvalue weighted by atomic mass is 32.2. The average Bonchev–Trinajstić information content (AvgIpc) is 2.79. The van der Waals surface area contributed by atoms with Gasteiger partial charge in [0.25, 0.3) is 20.2 Å². The number of hydrogen-bond acceptors (Lipinski definition) is 4. The molecular formula is C27H42O6S2. The van der Waals surface area contributed by atoms with E-state index in [1.807, 2.05) is 0 Å². The molecule has 2 rings (SSSR count). The number of unbranched alkanes of at least 4 members (excludes halogenated alkanes) is 14. The normalized spacial score (nSPS) is 12.4. The SMILES string of the molecule is CCCCCCCCCCCCCCCCCc1cc2ccccc2c(S(=O)(=O)O)c1S(=O)(=O)O. The molecule has 2 aromatic carbocycles. The molecule has 0 aliphatic rings. The van der Waals surface area contributed by atoms with Crippen molar-refractivity contribution in [3.05, 3.63) is 35.9 Å². The molecule has 0 aromatic heterocycles. The van der Waals surface area contributed by atoms with Crippen molar-refractivity contribution in [2.45, 2.75) is 119 Å². The lowest BCUT2D eigenvalue weighted by atomic mass is 10.0. The smallest absolute Gasteiger partial charge is 0.282 e. The Hall–Kier alpha value is -1.48. The standard InChI is InChI=1S/C27H42O6S2/c1-2-3-4-5-6-7-8-9-10-11-12-13-14-15-16-20-24-22-23-19-17-18-21-25(23)27(35(31,32)33)26(24)34(28,29)30/h17-19,21-22H,2-16,20H2,1H3,(H,28,29,30)(H,31,32,33). The molecule has 2 N–H and O–H groups in total. The molecule has 0 spiro atoms. The van der Waals surface area contributed by atoms with Gasteiger partial charge in [-0.3, -0.25) is 9.11 Å². The van der Waals surface area contributed by atoms with Crippen LogP contribution in [0.5, 0.6) is 0 Å². The zero-order valence-corrected chi connectivity index (χ0v) is 22.7. The van der Waals surface area contributed by atoms with Crippen LogP contribution in [0.25, 0.3) is 10.8 Å². The molecule has 0 amide bonds. The molecule has 0 fully saturated rings. The fourth-order valence-electron chi connectivity index (χ4n) is 4.76. The van der Waals surface area contributed by atoms with Crippen molar-refractivity contribution < 1.29 is 25.9 Å². The molecule has 0 saturated carbocycles. The molecule has 0 aliphatic carbocycles. The van der Waals surface area contributed by atoms with Crippen LogP contribution in [-0.2, 0) is 26.7 Å². The predicted octanol–water partition coefficient (Wildman–Crippen LogP) is 7.75. The number of aryl methyl sites for hydroxylation is 1. The maximum Gasteiger partial charge on any atom is 0.296 e. The summed E-state index contributed by atoms with van der Waals surface area (Å²) in [7, 11) is -9.71. The van der Waals surface area contributed by atoms with Gasteiger partial charge in [-0.15, -0.1) is 0 Å². The van der Waals surface area contributed by atoms with Crippen molar-refractivity contribution in [3.8, 4) is 0 Å². The van der Waals surface area contributed by atoms with Crippen molar-refractivity contribution in [2.75, 3.05) is 0 Å². The van der Waals surface area contributed by atoms with Gasteiger partial charge >= 0.3 is 0 Å². The summed E-state index contributed by atoms with van der Waals surface area (Å²) in [6.45, 7) is 2.24. The lowest BCUT2D eigenvalue weighted by Crippen LogP contribution is -2.12. The lowest BCUT2D eigenvalue weighted by molar-refractivity contribution is 0.466. The summed E-state index contributed by atoms with van der Waals surface area (Å²) in [6, 6.07) is 7.94. The summed E-state index contributed by atoms with van der Waals surface area (Å²) in [6.07, 6.45) is 18.5. The van der Waals surface area contributed by atoms with Crippen LogP contribution in [-0.4, -0.2) is 25.9 Å². The topological polar surface area (TPSA) is 109 Å². The van der Waals surface area contributed by atoms with E-state index >= 15 is 0 Å². The van der Waals surface area contributed by atoms with E-state index in [0.717, 1.165) is 19.3 Å². The Morgan fingerprint density at radius 2 is 1.03 bits per heavy atom. The van der Waals surface area contributed by atoms with Crippen LogP contribution < -0.4 is 0 Å². The second-order valence-electron chi connectivity index (χ2n) is 9.56. The van der Waals surface area contributed by atoms with Crippen LogP contribution in [0.1, 0.15) is 109 Å². The van der Waals surface area contributed by atoms with Crippen LogP contribution in [0.4, 0.5) is 0 Å². The molecule has 0 radical (unpaired) electrons. The maximum atomic E-state index is 12.1. The molecule has 8 heteroatoms. The first-order valence-electron chi connectivity index (χ1n) is 13.2. The van der Waals surface area contributed by atoms with Gasteiger partial charge in [0.05, 0.1) is 0 Å².